The van der Waals surface area contributed by atoms with Crippen molar-refractivity contribution >= 4 is 11.3 Å². The van der Waals surface area contributed by atoms with Gasteiger partial charge in [-0.2, -0.15) is 5.26 Å². The SMILES string of the molecule is N#CC(c1ccccc1)N1CCc2sccc2C1. The molecule has 1 aromatic carbocycles. The summed E-state index contributed by atoms with van der Waals surface area (Å²) in [5.74, 6) is 0. The molecule has 1 aliphatic heterocycles. The van der Waals surface area contributed by atoms with E-state index in [1.807, 2.05) is 41.7 Å². The van der Waals surface area contributed by atoms with Gasteiger partial charge in [-0.05, 0) is 29.0 Å². The van der Waals surface area contributed by atoms with Crippen LogP contribution < -0.4 is 0 Å². The van der Waals surface area contributed by atoms with Crippen LogP contribution in [0.2, 0.25) is 0 Å². The maximum absolute atomic E-state index is 9.44. The number of fused-ring (bicyclic) bond motifs is 1. The fourth-order valence-corrected chi connectivity index (χ4v) is 3.38. The molecule has 2 nitrogen and oxygen atoms in total. The largest absolute Gasteiger partial charge is 0.280 e. The summed E-state index contributed by atoms with van der Waals surface area (Å²) in [5.41, 5.74) is 2.49. The third-order valence-electron chi connectivity index (χ3n) is 3.44. The minimum Gasteiger partial charge on any atom is -0.280 e. The Kier molecular flexibility index (Phi) is 3.14. The second-order valence-electron chi connectivity index (χ2n) is 4.53. The number of nitriles is 1. The Labute approximate surface area is 111 Å². The highest BCUT2D eigenvalue weighted by Crippen LogP contribution is 2.29. The van der Waals surface area contributed by atoms with E-state index in [0.717, 1.165) is 25.1 Å². The van der Waals surface area contributed by atoms with Gasteiger partial charge in [-0.15, -0.1) is 11.3 Å². The van der Waals surface area contributed by atoms with Gasteiger partial charge < -0.3 is 0 Å². The molecule has 0 N–H and O–H groups in total. The molecule has 1 unspecified atom stereocenters. The van der Waals surface area contributed by atoms with Crippen LogP contribution in [0.1, 0.15) is 22.0 Å². The predicted octanol–water partition coefficient (Wildman–Crippen LogP) is 3.37. The molecule has 90 valence electrons. The summed E-state index contributed by atoms with van der Waals surface area (Å²) >= 11 is 1.83. The van der Waals surface area contributed by atoms with E-state index in [9.17, 15) is 5.26 Å². The standard InChI is InChI=1S/C15H14N2S/c16-10-14(12-4-2-1-3-5-12)17-8-6-15-13(11-17)7-9-18-15/h1-5,7,9,14H,6,8,11H2. The van der Waals surface area contributed by atoms with Crippen LogP contribution in [0, 0.1) is 11.3 Å². The molecule has 0 bridgehead atoms. The van der Waals surface area contributed by atoms with E-state index in [4.69, 9.17) is 0 Å². The fourth-order valence-electron chi connectivity index (χ4n) is 2.49. The van der Waals surface area contributed by atoms with Crippen molar-refractivity contribution in [3.05, 3.63) is 57.8 Å². The van der Waals surface area contributed by atoms with Crippen molar-refractivity contribution in [1.82, 2.24) is 4.90 Å². The molecular weight excluding hydrogens is 240 g/mol. The molecule has 0 radical (unpaired) electrons. The molecule has 1 aliphatic rings. The normalized spacial score (nSPS) is 16.8. The van der Waals surface area contributed by atoms with Crippen LogP contribution in [-0.4, -0.2) is 11.4 Å². The topological polar surface area (TPSA) is 27.0 Å². The number of benzene rings is 1. The van der Waals surface area contributed by atoms with Crippen molar-refractivity contribution in [1.29, 1.82) is 5.26 Å². The average molecular weight is 254 g/mol. The van der Waals surface area contributed by atoms with Gasteiger partial charge in [-0.3, -0.25) is 4.90 Å². The van der Waals surface area contributed by atoms with E-state index < -0.39 is 0 Å². The average Bonchev–Trinajstić information content (AvgIpc) is 2.88. The zero-order valence-corrected chi connectivity index (χ0v) is 10.9. The number of thiophene rings is 1. The molecule has 0 saturated carbocycles. The van der Waals surface area contributed by atoms with Crippen molar-refractivity contribution < 1.29 is 0 Å². The number of nitrogens with zero attached hydrogens (tertiary/aromatic N) is 2. The van der Waals surface area contributed by atoms with Crippen LogP contribution in [0.5, 0.6) is 0 Å². The van der Waals surface area contributed by atoms with Crippen LogP contribution in [0.4, 0.5) is 0 Å². The van der Waals surface area contributed by atoms with E-state index in [1.165, 1.54) is 10.4 Å². The molecule has 0 aliphatic carbocycles. The Bertz CT molecular complexity index is 568. The molecule has 3 heteroatoms. The summed E-state index contributed by atoms with van der Waals surface area (Å²) in [6, 6.07) is 14.6. The second kappa shape index (κ2) is 4.93. The minimum atomic E-state index is -0.126. The van der Waals surface area contributed by atoms with Crippen molar-refractivity contribution in [3.8, 4) is 6.07 Å². The van der Waals surface area contributed by atoms with Crippen molar-refractivity contribution in [2.24, 2.45) is 0 Å². The highest BCUT2D eigenvalue weighted by molar-refractivity contribution is 7.10. The number of hydrogen-bond acceptors (Lipinski definition) is 3. The van der Waals surface area contributed by atoms with E-state index in [2.05, 4.69) is 22.4 Å². The van der Waals surface area contributed by atoms with Crippen molar-refractivity contribution in [3.63, 3.8) is 0 Å². The Balaban J connectivity index is 1.85. The number of hydrogen-bond donors (Lipinski definition) is 0. The van der Waals surface area contributed by atoms with Crippen molar-refractivity contribution in [2.45, 2.75) is 19.0 Å². The summed E-state index contributed by atoms with van der Waals surface area (Å²) in [5, 5.41) is 11.6. The molecule has 3 rings (SSSR count). The molecule has 2 heterocycles. The van der Waals surface area contributed by atoms with Gasteiger partial charge in [0.25, 0.3) is 0 Å². The maximum Gasteiger partial charge on any atom is 0.124 e. The van der Waals surface area contributed by atoms with Gasteiger partial charge in [-0.1, -0.05) is 30.3 Å². The smallest absolute Gasteiger partial charge is 0.124 e. The third-order valence-corrected chi connectivity index (χ3v) is 4.46. The molecule has 1 atom stereocenters. The molecule has 0 spiro atoms. The monoisotopic (exact) mass is 254 g/mol. The molecule has 18 heavy (non-hydrogen) atoms. The van der Waals surface area contributed by atoms with Crippen LogP contribution in [0.25, 0.3) is 0 Å². The lowest BCUT2D eigenvalue weighted by molar-refractivity contribution is 0.218. The summed E-state index contributed by atoms with van der Waals surface area (Å²) in [6.07, 6.45) is 1.07. The zero-order valence-electron chi connectivity index (χ0n) is 10.0. The Morgan fingerprint density at radius 3 is 2.83 bits per heavy atom. The van der Waals surface area contributed by atoms with Gasteiger partial charge in [0.2, 0.25) is 0 Å². The van der Waals surface area contributed by atoms with Crippen LogP contribution in [-0.2, 0) is 13.0 Å². The zero-order chi connectivity index (χ0) is 12.4. The van der Waals surface area contributed by atoms with Gasteiger partial charge in [0.05, 0.1) is 6.07 Å². The Hall–Kier alpha value is -1.63. The van der Waals surface area contributed by atoms with E-state index in [1.54, 1.807) is 0 Å². The van der Waals surface area contributed by atoms with Crippen molar-refractivity contribution in [2.75, 3.05) is 6.54 Å². The second-order valence-corrected chi connectivity index (χ2v) is 5.53. The van der Waals surface area contributed by atoms with Gasteiger partial charge in [-0.25, -0.2) is 0 Å². The van der Waals surface area contributed by atoms with E-state index in [0.29, 0.717) is 0 Å². The maximum atomic E-state index is 9.44. The first kappa shape index (κ1) is 11.5. The summed E-state index contributed by atoms with van der Waals surface area (Å²) in [6.45, 7) is 1.87. The highest BCUT2D eigenvalue weighted by Gasteiger charge is 2.24. The summed E-state index contributed by atoms with van der Waals surface area (Å²) in [7, 11) is 0. The summed E-state index contributed by atoms with van der Waals surface area (Å²) in [4.78, 5) is 3.75. The lowest BCUT2D eigenvalue weighted by atomic mass is 10.0. The van der Waals surface area contributed by atoms with Crippen LogP contribution in [0.15, 0.2) is 41.8 Å². The van der Waals surface area contributed by atoms with Gasteiger partial charge >= 0.3 is 0 Å². The number of rotatable bonds is 2. The summed E-state index contributed by atoms with van der Waals surface area (Å²) < 4.78 is 0. The molecule has 0 saturated heterocycles. The lowest BCUT2D eigenvalue weighted by Gasteiger charge is -2.30. The highest BCUT2D eigenvalue weighted by atomic mass is 32.1. The van der Waals surface area contributed by atoms with Crippen LogP contribution in [0.3, 0.4) is 0 Å². The van der Waals surface area contributed by atoms with Gasteiger partial charge in [0.1, 0.15) is 6.04 Å². The minimum absolute atomic E-state index is 0.126. The first-order valence-corrected chi connectivity index (χ1v) is 7.00. The predicted molar refractivity (Wildman–Crippen MR) is 73.2 cm³/mol. The third kappa shape index (κ3) is 2.05. The van der Waals surface area contributed by atoms with E-state index >= 15 is 0 Å². The first-order valence-electron chi connectivity index (χ1n) is 6.12. The van der Waals surface area contributed by atoms with E-state index in [-0.39, 0.29) is 6.04 Å². The Morgan fingerprint density at radius 2 is 2.06 bits per heavy atom. The quantitative estimate of drug-likeness (QED) is 0.821. The Morgan fingerprint density at radius 1 is 1.22 bits per heavy atom. The lowest BCUT2D eigenvalue weighted by Crippen LogP contribution is -2.32. The molecule has 0 amide bonds. The fraction of sp³-hybridized carbons (Fsp3) is 0.267. The van der Waals surface area contributed by atoms with Gasteiger partial charge in [0.15, 0.2) is 0 Å². The molecule has 0 fully saturated rings. The van der Waals surface area contributed by atoms with Crippen LogP contribution >= 0.6 is 11.3 Å². The molecular formula is C15H14N2S. The first-order chi connectivity index (χ1) is 8.88. The molecule has 2 aromatic rings. The molecule has 1 aromatic heterocycles. The van der Waals surface area contributed by atoms with Gasteiger partial charge in [0, 0.05) is 18.0 Å².